The normalized spacial score (nSPS) is 10.9. The number of benzene rings is 2. The topological polar surface area (TPSA) is 77.3 Å². The third-order valence-corrected chi connectivity index (χ3v) is 5.11. The van der Waals surface area contributed by atoms with E-state index in [0.29, 0.717) is 11.3 Å². The van der Waals surface area contributed by atoms with E-state index in [4.69, 9.17) is 9.84 Å². The number of likely N-dealkylation sites (N-methyl/N-ethyl adjacent to an activating group) is 1. The minimum absolute atomic E-state index is 0.0888. The molecule has 7 heteroatoms. The lowest BCUT2D eigenvalue weighted by Gasteiger charge is -2.11. The standard InChI is InChI=1S/C27H24N4O3/c1-30(2)26(33)19-34-24-10-6-7-21(17-24)25(32)12-11-22-18-31(23-8-4-3-5-9-23)29-27(22)20-13-15-28-16-14-20/h3-18H,19H2,1-2H3/b12-11+. The second-order valence-electron chi connectivity index (χ2n) is 7.75. The predicted octanol–water partition coefficient (Wildman–Crippen LogP) is 4.30. The average molecular weight is 453 g/mol. The third kappa shape index (κ3) is 5.45. The van der Waals surface area contributed by atoms with Crippen molar-refractivity contribution in [2.24, 2.45) is 0 Å². The molecule has 0 aliphatic carbocycles. The lowest BCUT2D eigenvalue weighted by Crippen LogP contribution is -2.27. The van der Waals surface area contributed by atoms with Crippen molar-refractivity contribution in [2.45, 2.75) is 0 Å². The van der Waals surface area contributed by atoms with Gasteiger partial charge in [-0.2, -0.15) is 5.10 Å². The van der Waals surface area contributed by atoms with E-state index in [1.165, 1.54) is 11.0 Å². The van der Waals surface area contributed by atoms with Crippen molar-refractivity contribution in [2.75, 3.05) is 20.7 Å². The number of ketones is 1. The SMILES string of the molecule is CN(C)C(=O)COc1cccc(C(=O)/C=C/c2cn(-c3ccccc3)nc2-c2ccncc2)c1. The summed E-state index contributed by atoms with van der Waals surface area (Å²) in [6.07, 6.45) is 8.58. The summed E-state index contributed by atoms with van der Waals surface area (Å²) in [6, 6.07) is 20.3. The van der Waals surface area contributed by atoms with Crippen molar-refractivity contribution in [3.05, 3.63) is 103 Å². The van der Waals surface area contributed by atoms with E-state index in [1.54, 1.807) is 61.5 Å². The fourth-order valence-electron chi connectivity index (χ4n) is 3.23. The monoisotopic (exact) mass is 452 g/mol. The number of rotatable bonds is 8. The van der Waals surface area contributed by atoms with Crippen molar-refractivity contribution in [3.63, 3.8) is 0 Å². The van der Waals surface area contributed by atoms with Crippen molar-refractivity contribution < 1.29 is 14.3 Å². The zero-order valence-corrected chi connectivity index (χ0v) is 19.0. The Bertz CT molecular complexity index is 1310. The van der Waals surface area contributed by atoms with Crippen LogP contribution in [0.4, 0.5) is 0 Å². The van der Waals surface area contributed by atoms with Crippen LogP contribution in [0.1, 0.15) is 15.9 Å². The third-order valence-electron chi connectivity index (χ3n) is 5.11. The van der Waals surface area contributed by atoms with Gasteiger partial charge in [0.2, 0.25) is 0 Å². The number of pyridine rings is 1. The number of carbonyl (C=O) groups is 2. The Morgan fingerprint density at radius 2 is 1.76 bits per heavy atom. The summed E-state index contributed by atoms with van der Waals surface area (Å²) in [7, 11) is 3.33. The van der Waals surface area contributed by atoms with Crippen LogP contribution in [0.25, 0.3) is 23.0 Å². The molecule has 0 spiro atoms. The number of aromatic nitrogens is 3. The van der Waals surface area contributed by atoms with Crippen LogP contribution in [0, 0.1) is 0 Å². The van der Waals surface area contributed by atoms with E-state index in [1.807, 2.05) is 48.7 Å². The van der Waals surface area contributed by atoms with E-state index >= 15 is 0 Å². The van der Waals surface area contributed by atoms with Crippen LogP contribution in [0.15, 0.2) is 91.4 Å². The number of para-hydroxylation sites is 1. The van der Waals surface area contributed by atoms with Crippen molar-refractivity contribution >= 4 is 17.8 Å². The maximum Gasteiger partial charge on any atom is 0.259 e. The van der Waals surface area contributed by atoms with Gasteiger partial charge in [-0.25, -0.2) is 4.68 Å². The van der Waals surface area contributed by atoms with E-state index in [-0.39, 0.29) is 18.3 Å². The van der Waals surface area contributed by atoms with E-state index < -0.39 is 0 Å². The first-order valence-corrected chi connectivity index (χ1v) is 10.7. The highest BCUT2D eigenvalue weighted by Gasteiger charge is 2.12. The maximum atomic E-state index is 12.9. The minimum Gasteiger partial charge on any atom is -0.484 e. The first-order valence-electron chi connectivity index (χ1n) is 10.7. The summed E-state index contributed by atoms with van der Waals surface area (Å²) in [6.45, 7) is -0.0888. The smallest absolute Gasteiger partial charge is 0.259 e. The van der Waals surface area contributed by atoms with Gasteiger partial charge in [-0.1, -0.05) is 30.3 Å². The number of nitrogens with zero attached hydrogens (tertiary/aromatic N) is 4. The lowest BCUT2D eigenvalue weighted by molar-refractivity contribution is -0.130. The van der Waals surface area contributed by atoms with E-state index in [2.05, 4.69) is 4.98 Å². The average Bonchev–Trinajstić information content (AvgIpc) is 3.31. The van der Waals surface area contributed by atoms with E-state index in [9.17, 15) is 9.59 Å². The molecular formula is C27H24N4O3. The molecule has 2 aromatic carbocycles. The molecule has 7 nitrogen and oxygen atoms in total. The first kappa shape index (κ1) is 22.7. The number of amides is 1. The van der Waals surface area contributed by atoms with Crippen LogP contribution in [0.5, 0.6) is 5.75 Å². The molecule has 0 atom stereocenters. The van der Waals surface area contributed by atoms with Crippen molar-refractivity contribution in [1.29, 1.82) is 0 Å². The molecule has 0 aliphatic rings. The van der Waals surface area contributed by atoms with Crippen molar-refractivity contribution in [3.8, 4) is 22.7 Å². The Hall–Kier alpha value is -4.52. The molecule has 4 aromatic rings. The Balaban J connectivity index is 1.58. The minimum atomic E-state index is -0.183. The quantitative estimate of drug-likeness (QED) is 0.294. The highest BCUT2D eigenvalue weighted by Crippen LogP contribution is 2.25. The van der Waals surface area contributed by atoms with Crippen LogP contribution in [-0.2, 0) is 4.79 Å². The Morgan fingerprint density at radius 1 is 1.00 bits per heavy atom. The molecule has 0 fully saturated rings. The summed E-state index contributed by atoms with van der Waals surface area (Å²) in [5, 5.41) is 4.74. The molecule has 0 radical (unpaired) electrons. The van der Waals surface area contributed by atoms with Gasteiger partial charge >= 0.3 is 0 Å². The summed E-state index contributed by atoms with van der Waals surface area (Å²) in [4.78, 5) is 30.2. The molecule has 0 N–H and O–H groups in total. The van der Waals surface area contributed by atoms with Crippen LogP contribution in [-0.4, -0.2) is 52.1 Å². The number of hydrogen-bond acceptors (Lipinski definition) is 5. The predicted molar refractivity (Wildman–Crippen MR) is 131 cm³/mol. The highest BCUT2D eigenvalue weighted by atomic mass is 16.5. The van der Waals surface area contributed by atoms with E-state index in [0.717, 1.165) is 22.5 Å². The van der Waals surface area contributed by atoms with Gasteiger partial charge in [0.15, 0.2) is 12.4 Å². The molecule has 170 valence electrons. The number of allylic oxidation sites excluding steroid dienone is 1. The Morgan fingerprint density at radius 3 is 2.50 bits per heavy atom. The summed E-state index contributed by atoms with van der Waals surface area (Å²) < 4.78 is 7.31. The summed E-state index contributed by atoms with van der Waals surface area (Å²) in [5.74, 6) is 0.122. The van der Waals surface area contributed by atoms with Gasteiger partial charge in [-0.05, 0) is 48.6 Å². The number of carbonyl (C=O) groups excluding carboxylic acids is 2. The fourth-order valence-corrected chi connectivity index (χ4v) is 3.23. The molecule has 0 bridgehead atoms. The van der Waals surface area contributed by atoms with Crippen molar-refractivity contribution in [1.82, 2.24) is 19.7 Å². The van der Waals surface area contributed by atoms with Gasteiger partial charge < -0.3 is 9.64 Å². The highest BCUT2D eigenvalue weighted by molar-refractivity contribution is 6.07. The number of hydrogen-bond donors (Lipinski definition) is 0. The molecular weight excluding hydrogens is 428 g/mol. The number of ether oxygens (including phenoxy) is 1. The van der Waals surface area contributed by atoms with Gasteiger partial charge in [0.25, 0.3) is 5.91 Å². The molecule has 1 amide bonds. The summed E-state index contributed by atoms with van der Waals surface area (Å²) in [5.41, 5.74) is 3.83. The molecule has 2 heterocycles. The first-order chi connectivity index (χ1) is 16.5. The molecule has 0 saturated carbocycles. The lowest BCUT2D eigenvalue weighted by atomic mass is 10.1. The molecule has 2 aromatic heterocycles. The van der Waals surface area contributed by atoms with Crippen LogP contribution < -0.4 is 4.74 Å². The van der Waals surface area contributed by atoms with Gasteiger partial charge in [0, 0.05) is 49.4 Å². The molecule has 34 heavy (non-hydrogen) atoms. The van der Waals surface area contributed by atoms with Gasteiger partial charge in [0.1, 0.15) is 11.4 Å². The largest absolute Gasteiger partial charge is 0.484 e. The summed E-state index contributed by atoms with van der Waals surface area (Å²) >= 11 is 0. The second-order valence-corrected chi connectivity index (χ2v) is 7.75. The molecule has 4 rings (SSSR count). The second kappa shape index (κ2) is 10.4. The van der Waals surface area contributed by atoms with Gasteiger partial charge in [0.05, 0.1) is 5.69 Å². The van der Waals surface area contributed by atoms with Crippen LogP contribution in [0.2, 0.25) is 0 Å². The van der Waals surface area contributed by atoms with Crippen LogP contribution in [0.3, 0.4) is 0 Å². The Kier molecular flexibility index (Phi) is 6.93. The van der Waals surface area contributed by atoms with Crippen LogP contribution >= 0.6 is 0 Å². The molecule has 0 unspecified atom stereocenters. The Labute approximate surface area is 197 Å². The zero-order chi connectivity index (χ0) is 23.9. The van der Waals surface area contributed by atoms with Gasteiger partial charge in [-0.15, -0.1) is 0 Å². The fraction of sp³-hybridized carbons (Fsp3) is 0.111. The molecule has 0 aliphatic heterocycles. The molecule has 0 saturated heterocycles. The van der Waals surface area contributed by atoms with Gasteiger partial charge in [-0.3, -0.25) is 14.6 Å². The maximum absolute atomic E-state index is 12.9. The zero-order valence-electron chi connectivity index (χ0n) is 19.0.